The minimum absolute atomic E-state index is 0.191. The first-order valence-corrected chi connectivity index (χ1v) is 9.98. The number of aliphatic carboxylic acids is 1. The van der Waals surface area contributed by atoms with E-state index in [0.29, 0.717) is 22.4 Å². The van der Waals surface area contributed by atoms with Gasteiger partial charge in [0.2, 0.25) is 0 Å². The maximum Gasteiger partial charge on any atom is 0.416 e. The van der Waals surface area contributed by atoms with Crippen molar-refractivity contribution >= 4 is 34.6 Å². The fourth-order valence-corrected chi connectivity index (χ4v) is 3.65. The molecule has 2 aromatic carbocycles. The lowest BCUT2D eigenvalue weighted by atomic mass is 9.90. The van der Waals surface area contributed by atoms with Crippen LogP contribution in [0.25, 0.3) is 11.1 Å². The number of carboxylic acids is 1. The van der Waals surface area contributed by atoms with Crippen LogP contribution in [-0.2, 0) is 17.4 Å². The number of benzene rings is 2. The topological polar surface area (TPSA) is 102 Å². The zero-order valence-corrected chi connectivity index (χ0v) is 18.2. The van der Waals surface area contributed by atoms with Crippen LogP contribution < -0.4 is 15.8 Å². The van der Waals surface area contributed by atoms with E-state index in [-0.39, 0.29) is 15.9 Å². The normalized spacial score (nSPS) is 13.4. The molecule has 0 bridgehead atoms. The zero-order chi connectivity index (χ0) is 22.6. The molecule has 4 N–H and O–H groups in total. The number of rotatable bonds is 7. The second-order valence-electron chi connectivity index (χ2n) is 6.57. The second kappa shape index (κ2) is 9.54. The minimum Gasteiger partial charge on any atom is -0.496 e. The molecule has 30 heavy (non-hydrogen) atoms. The van der Waals surface area contributed by atoms with Gasteiger partial charge in [-0.2, -0.15) is 13.2 Å². The third-order valence-electron chi connectivity index (χ3n) is 4.38. The number of alkyl halides is 4. The number of hydrogen-bond donors (Lipinski definition) is 3. The van der Waals surface area contributed by atoms with Gasteiger partial charge in [-0.3, -0.25) is 4.79 Å². The highest BCUT2D eigenvalue weighted by Gasteiger charge is 2.33. The quantitative estimate of drug-likeness (QED) is 0.357. The lowest BCUT2D eigenvalue weighted by Crippen LogP contribution is -2.37. The number of carbonyl (C=O) groups is 2. The summed E-state index contributed by atoms with van der Waals surface area (Å²) in [6, 6.07) is 6.16. The average Bonchev–Trinajstić information content (AvgIpc) is 2.64. The Morgan fingerprint density at radius 2 is 1.87 bits per heavy atom. The SMILES string of the molecule is COc1ccc(CC(=O)O)cc1-c1ccc(C(F)(F)F)cc1C(NC(N)=O)C(C)I. The number of amides is 2. The third kappa shape index (κ3) is 5.77. The number of carbonyl (C=O) groups excluding carboxylic acids is 1. The highest BCUT2D eigenvalue weighted by Crippen LogP contribution is 2.41. The molecule has 0 fully saturated rings. The Morgan fingerprint density at radius 3 is 2.37 bits per heavy atom. The summed E-state index contributed by atoms with van der Waals surface area (Å²) in [5, 5.41) is 11.6. The van der Waals surface area contributed by atoms with Crippen LogP contribution in [0.3, 0.4) is 0 Å². The summed E-state index contributed by atoms with van der Waals surface area (Å²) in [4.78, 5) is 22.6. The second-order valence-corrected chi connectivity index (χ2v) is 8.53. The molecule has 162 valence electrons. The number of nitrogens with one attached hydrogen (secondary N) is 1. The summed E-state index contributed by atoms with van der Waals surface area (Å²) >= 11 is 1.99. The highest BCUT2D eigenvalue weighted by molar-refractivity contribution is 14.1. The molecular weight excluding hydrogens is 516 g/mol. The number of carboxylic acid groups (broad SMARTS) is 1. The van der Waals surface area contributed by atoms with Gasteiger partial charge in [0.15, 0.2) is 0 Å². The molecule has 0 aliphatic rings. The first kappa shape index (κ1) is 23.8. The maximum atomic E-state index is 13.4. The van der Waals surface area contributed by atoms with Gasteiger partial charge in [0.1, 0.15) is 5.75 Å². The van der Waals surface area contributed by atoms with Gasteiger partial charge in [-0.25, -0.2) is 4.79 Å². The number of methoxy groups -OCH3 is 1. The van der Waals surface area contributed by atoms with Crippen molar-refractivity contribution in [3.05, 3.63) is 53.1 Å². The number of urea groups is 1. The average molecular weight is 536 g/mol. The molecule has 10 heteroatoms. The van der Waals surface area contributed by atoms with E-state index in [2.05, 4.69) is 5.32 Å². The molecule has 0 saturated carbocycles. The van der Waals surface area contributed by atoms with Crippen LogP contribution in [0.15, 0.2) is 36.4 Å². The zero-order valence-electron chi connectivity index (χ0n) is 16.1. The van der Waals surface area contributed by atoms with E-state index in [1.165, 1.54) is 13.2 Å². The Morgan fingerprint density at radius 1 is 1.20 bits per heavy atom. The van der Waals surface area contributed by atoms with Crippen LogP contribution in [0.4, 0.5) is 18.0 Å². The highest BCUT2D eigenvalue weighted by atomic mass is 127. The molecule has 0 aliphatic carbocycles. The molecule has 2 rings (SSSR count). The molecular formula is C20H20F3IN2O4. The van der Waals surface area contributed by atoms with Gasteiger partial charge in [-0.1, -0.05) is 41.6 Å². The van der Waals surface area contributed by atoms with Crippen LogP contribution in [0.2, 0.25) is 0 Å². The van der Waals surface area contributed by atoms with Crippen molar-refractivity contribution in [2.75, 3.05) is 7.11 Å². The van der Waals surface area contributed by atoms with Gasteiger partial charge in [-0.05, 0) is 41.0 Å². The van der Waals surface area contributed by atoms with E-state index < -0.39 is 29.8 Å². The van der Waals surface area contributed by atoms with Crippen molar-refractivity contribution in [2.24, 2.45) is 5.73 Å². The lowest BCUT2D eigenvalue weighted by molar-refractivity contribution is -0.138. The molecule has 6 nitrogen and oxygen atoms in total. The molecule has 2 unspecified atom stereocenters. The van der Waals surface area contributed by atoms with Crippen LogP contribution >= 0.6 is 22.6 Å². The Bertz CT molecular complexity index is 948. The van der Waals surface area contributed by atoms with E-state index in [1.807, 2.05) is 22.6 Å². The van der Waals surface area contributed by atoms with Crippen LogP contribution in [0.5, 0.6) is 5.75 Å². The lowest BCUT2D eigenvalue weighted by Gasteiger charge is -2.25. The van der Waals surface area contributed by atoms with Gasteiger partial charge >= 0.3 is 18.2 Å². The van der Waals surface area contributed by atoms with Crippen LogP contribution in [0.1, 0.15) is 29.7 Å². The summed E-state index contributed by atoms with van der Waals surface area (Å²) in [6.45, 7) is 1.73. The molecule has 0 aromatic heterocycles. The molecule has 0 spiro atoms. The van der Waals surface area contributed by atoms with Crippen molar-refractivity contribution in [3.63, 3.8) is 0 Å². The Labute approximate surface area is 184 Å². The van der Waals surface area contributed by atoms with Crippen molar-refractivity contribution in [2.45, 2.75) is 29.5 Å². The van der Waals surface area contributed by atoms with Crippen LogP contribution in [-0.4, -0.2) is 28.1 Å². The number of halogens is 4. The summed E-state index contributed by atoms with van der Waals surface area (Å²) in [5.41, 5.74) is 5.79. The van der Waals surface area contributed by atoms with Crippen LogP contribution in [0, 0.1) is 0 Å². The summed E-state index contributed by atoms with van der Waals surface area (Å²) in [7, 11) is 1.40. The molecule has 0 saturated heterocycles. The first-order valence-electron chi connectivity index (χ1n) is 8.74. The van der Waals surface area contributed by atoms with Gasteiger partial charge in [0, 0.05) is 9.49 Å². The monoisotopic (exact) mass is 536 g/mol. The Balaban J connectivity index is 2.78. The molecule has 0 radical (unpaired) electrons. The summed E-state index contributed by atoms with van der Waals surface area (Å²) in [5.74, 6) is -0.697. The fraction of sp³-hybridized carbons (Fsp3) is 0.300. The summed E-state index contributed by atoms with van der Waals surface area (Å²) in [6.07, 6.45) is -4.85. The van der Waals surface area contributed by atoms with E-state index in [4.69, 9.17) is 15.6 Å². The Hall–Kier alpha value is -2.50. The minimum atomic E-state index is -4.59. The standard InChI is InChI=1S/C20H20F3IN2O4/c1-10(24)18(26-19(25)29)15-9-12(20(21,22)23)4-5-13(15)14-7-11(8-17(27)28)3-6-16(14)30-2/h3-7,9-10,18H,8H2,1-2H3,(H,27,28)(H3,25,26,29). The Kier molecular flexibility index (Phi) is 7.56. The van der Waals surface area contributed by atoms with E-state index in [0.717, 1.165) is 12.1 Å². The van der Waals surface area contributed by atoms with Crippen molar-refractivity contribution < 1.29 is 32.6 Å². The smallest absolute Gasteiger partial charge is 0.416 e. The third-order valence-corrected chi connectivity index (χ3v) is 5.10. The fourth-order valence-electron chi connectivity index (χ4n) is 3.09. The van der Waals surface area contributed by atoms with Crippen molar-refractivity contribution in [3.8, 4) is 16.9 Å². The van der Waals surface area contributed by atoms with Gasteiger partial charge in [0.05, 0.1) is 25.1 Å². The van der Waals surface area contributed by atoms with Crippen molar-refractivity contribution in [1.29, 1.82) is 0 Å². The number of ether oxygens (including phenoxy) is 1. The summed E-state index contributed by atoms with van der Waals surface area (Å²) < 4.78 is 45.2. The van der Waals surface area contributed by atoms with Gasteiger partial charge in [0.25, 0.3) is 0 Å². The number of primary amides is 1. The van der Waals surface area contributed by atoms with E-state index in [9.17, 15) is 22.8 Å². The largest absolute Gasteiger partial charge is 0.496 e. The van der Waals surface area contributed by atoms with E-state index in [1.54, 1.807) is 25.1 Å². The first-order chi connectivity index (χ1) is 13.9. The predicted molar refractivity (Wildman–Crippen MR) is 114 cm³/mol. The van der Waals surface area contributed by atoms with Crippen molar-refractivity contribution in [1.82, 2.24) is 5.32 Å². The van der Waals surface area contributed by atoms with Gasteiger partial charge < -0.3 is 20.9 Å². The molecule has 2 amide bonds. The molecule has 2 aromatic rings. The van der Waals surface area contributed by atoms with Gasteiger partial charge in [-0.15, -0.1) is 0 Å². The number of nitrogens with two attached hydrogens (primary N) is 1. The molecule has 0 aliphatic heterocycles. The number of hydrogen-bond acceptors (Lipinski definition) is 3. The maximum absolute atomic E-state index is 13.4. The predicted octanol–water partition coefficient (Wildman–Crippen LogP) is 4.54. The van der Waals surface area contributed by atoms with E-state index >= 15 is 0 Å². The molecule has 0 heterocycles. The molecule has 2 atom stereocenters.